The molecule has 0 aliphatic carbocycles. The average Bonchev–Trinajstić information content (AvgIpc) is 2.67. The quantitative estimate of drug-likeness (QED) is 0.596. The molecule has 1 aliphatic heterocycles. The van der Waals surface area contributed by atoms with Crippen molar-refractivity contribution >= 4 is 11.5 Å². The molecule has 0 amide bonds. The third kappa shape index (κ3) is 3.58. The lowest BCUT2D eigenvalue weighted by Gasteiger charge is -2.26. The summed E-state index contributed by atoms with van der Waals surface area (Å²) in [5.74, 6) is 1.19. The maximum Gasteiger partial charge on any atom is 0.333 e. The lowest BCUT2D eigenvalue weighted by Crippen LogP contribution is -2.31. The van der Waals surface area contributed by atoms with Crippen molar-refractivity contribution in [3.8, 4) is 0 Å². The molecule has 124 valence electrons. The monoisotopic (exact) mass is 310 g/mol. The molecule has 7 heteroatoms. The number of aryl methyl sites for hydroxylation is 2. The summed E-state index contributed by atoms with van der Waals surface area (Å²) in [7, 11) is 1.72. The summed E-state index contributed by atoms with van der Waals surface area (Å²) in [6.45, 7) is 6.77. The van der Waals surface area contributed by atoms with Crippen LogP contribution in [0.2, 0.25) is 0 Å². The Balaban J connectivity index is 2.30. The van der Waals surface area contributed by atoms with Gasteiger partial charge in [-0.2, -0.15) is 5.10 Å². The minimum Gasteiger partial charge on any atom is -0.385 e. The topological polar surface area (TPSA) is 73.4 Å². The molecule has 2 rings (SSSR count). The van der Waals surface area contributed by atoms with Crippen LogP contribution in [-0.4, -0.2) is 41.5 Å². The van der Waals surface area contributed by atoms with Gasteiger partial charge in [-0.05, 0) is 39.0 Å². The molecule has 1 atom stereocenters. The lowest BCUT2D eigenvalue weighted by molar-refractivity contribution is -0.384. The third-order valence-electron chi connectivity index (χ3n) is 4.35. The number of methoxy groups -OCH3 is 1. The summed E-state index contributed by atoms with van der Waals surface area (Å²) in [6.07, 6.45) is 4.39. The average molecular weight is 310 g/mol. The smallest absolute Gasteiger partial charge is 0.333 e. The first-order chi connectivity index (χ1) is 10.6. The second-order valence-electron chi connectivity index (χ2n) is 5.92. The predicted molar refractivity (Wildman–Crippen MR) is 85.3 cm³/mol. The number of anilines is 1. The Bertz CT molecular complexity index is 515. The van der Waals surface area contributed by atoms with Crippen molar-refractivity contribution in [3.63, 3.8) is 0 Å². The number of ether oxygens (including phenoxy) is 1. The highest BCUT2D eigenvalue weighted by molar-refractivity contribution is 5.61. The molecule has 1 aromatic rings. The van der Waals surface area contributed by atoms with Crippen molar-refractivity contribution in [3.05, 3.63) is 15.8 Å². The fourth-order valence-electron chi connectivity index (χ4n) is 3.25. The van der Waals surface area contributed by atoms with Gasteiger partial charge >= 0.3 is 5.69 Å². The van der Waals surface area contributed by atoms with E-state index < -0.39 is 0 Å². The largest absolute Gasteiger partial charge is 0.385 e. The normalized spacial score (nSPS) is 19.2. The molecule has 22 heavy (non-hydrogen) atoms. The van der Waals surface area contributed by atoms with E-state index in [0.717, 1.165) is 45.4 Å². The molecule has 0 aromatic carbocycles. The van der Waals surface area contributed by atoms with E-state index in [4.69, 9.17) is 4.74 Å². The number of rotatable bonds is 6. The first-order valence-electron chi connectivity index (χ1n) is 8.04. The maximum atomic E-state index is 11.5. The fraction of sp³-hybridized carbons (Fsp3) is 0.800. The SMILES string of the molecule is CCn1nc(C)c([N+](=O)[O-])c1N1CCCC[C@H](CCOC)C1. The van der Waals surface area contributed by atoms with Crippen molar-refractivity contribution in [2.75, 3.05) is 31.7 Å². The zero-order valence-corrected chi connectivity index (χ0v) is 13.7. The highest BCUT2D eigenvalue weighted by Gasteiger charge is 2.31. The first kappa shape index (κ1) is 16.7. The molecule has 0 N–H and O–H groups in total. The Morgan fingerprint density at radius 1 is 1.45 bits per heavy atom. The fourth-order valence-corrected chi connectivity index (χ4v) is 3.25. The van der Waals surface area contributed by atoms with Gasteiger partial charge in [-0.25, -0.2) is 4.68 Å². The van der Waals surface area contributed by atoms with Crippen LogP contribution in [0.15, 0.2) is 0 Å². The van der Waals surface area contributed by atoms with Gasteiger partial charge in [0.05, 0.1) is 4.92 Å². The molecular formula is C15H26N4O3. The third-order valence-corrected chi connectivity index (χ3v) is 4.35. The Morgan fingerprint density at radius 3 is 2.86 bits per heavy atom. The molecule has 1 fully saturated rings. The molecule has 0 radical (unpaired) electrons. The van der Waals surface area contributed by atoms with Crippen LogP contribution in [0.25, 0.3) is 0 Å². The van der Waals surface area contributed by atoms with Gasteiger partial charge in [-0.15, -0.1) is 0 Å². The van der Waals surface area contributed by atoms with E-state index in [1.807, 2.05) is 6.92 Å². The van der Waals surface area contributed by atoms with E-state index in [0.29, 0.717) is 24.0 Å². The molecule has 0 unspecified atom stereocenters. The van der Waals surface area contributed by atoms with Crippen LogP contribution >= 0.6 is 0 Å². The minimum absolute atomic E-state index is 0.161. The number of hydrogen-bond donors (Lipinski definition) is 0. The lowest BCUT2D eigenvalue weighted by atomic mass is 10.00. The molecule has 7 nitrogen and oxygen atoms in total. The van der Waals surface area contributed by atoms with Gasteiger partial charge in [0.25, 0.3) is 0 Å². The van der Waals surface area contributed by atoms with Gasteiger partial charge in [-0.3, -0.25) is 10.1 Å². The summed E-state index contributed by atoms with van der Waals surface area (Å²) < 4.78 is 6.96. The van der Waals surface area contributed by atoms with Gasteiger partial charge in [-0.1, -0.05) is 6.42 Å². The van der Waals surface area contributed by atoms with Gasteiger partial charge in [0.1, 0.15) is 5.69 Å². The molecule has 1 saturated heterocycles. The highest BCUT2D eigenvalue weighted by atomic mass is 16.6. The van der Waals surface area contributed by atoms with E-state index in [1.165, 1.54) is 0 Å². The van der Waals surface area contributed by atoms with E-state index in [-0.39, 0.29) is 10.6 Å². The van der Waals surface area contributed by atoms with Crippen LogP contribution in [0.1, 0.15) is 38.3 Å². The van der Waals surface area contributed by atoms with E-state index in [1.54, 1.807) is 18.7 Å². The van der Waals surface area contributed by atoms with Gasteiger partial charge < -0.3 is 9.64 Å². The van der Waals surface area contributed by atoms with Gasteiger partial charge in [0, 0.05) is 33.4 Å². The number of nitrogens with zero attached hydrogens (tertiary/aromatic N) is 4. The second kappa shape index (κ2) is 7.58. The summed E-state index contributed by atoms with van der Waals surface area (Å²) in [6, 6.07) is 0. The van der Waals surface area contributed by atoms with E-state index in [9.17, 15) is 10.1 Å². The first-order valence-corrected chi connectivity index (χ1v) is 8.04. The van der Waals surface area contributed by atoms with Crippen LogP contribution in [0.3, 0.4) is 0 Å². The Hall–Kier alpha value is -1.63. The summed E-state index contributed by atoms with van der Waals surface area (Å²) in [5.41, 5.74) is 0.661. The molecule has 0 saturated carbocycles. The maximum absolute atomic E-state index is 11.5. The number of aromatic nitrogens is 2. The summed E-state index contributed by atoms with van der Waals surface area (Å²) in [4.78, 5) is 13.3. The standard InChI is InChI=1S/C15H26N4O3/c1-4-18-15(14(19(20)21)12(2)16-18)17-9-6-5-7-13(11-17)8-10-22-3/h13H,4-11H2,1-3H3/t13-/m1/s1. The van der Waals surface area contributed by atoms with Crippen LogP contribution in [-0.2, 0) is 11.3 Å². The van der Waals surface area contributed by atoms with Crippen LogP contribution in [0, 0.1) is 23.0 Å². The Kier molecular flexibility index (Phi) is 5.76. The zero-order valence-electron chi connectivity index (χ0n) is 13.7. The highest BCUT2D eigenvalue weighted by Crippen LogP contribution is 2.34. The molecule has 2 heterocycles. The van der Waals surface area contributed by atoms with Crippen LogP contribution in [0.4, 0.5) is 11.5 Å². The molecule has 0 spiro atoms. The molecule has 1 aromatic heterocycles. The van der Waals surface area contributed by atoms with Crippen molar-refractivity contribution in [1.82, 2.24) is 9.78 Å². The van der Waals surface area contributed by atoms with Crippen LogP contribution in [0.5, 0.6) is 0 Å². The van der Waals surface area contributed by atoms with Crippen LogP contribution < -0.4 is 4.90 Å². The molecule has 1 aliphatic rings. The number of nitro groups is 1. The molecule has 0 bridgehead atoms. The van der Waals surface area contributed by atoms with Crippen molar-refractivity contribution in [2.24, 2.45) is 5.92 Å². The van der Waals surface area contributed by atoms with Gasteiger partial charge in [0.15, 0.2) is 0 Å². The Labute approximate surface area is 131 Å². The Morgan fingerprint density at radius 2 is 2.23 bits per heavy atom. The summed E-state index contributed by atoms with van der Waals surface area (Å²) >= 11 is 0. The van der Waals surface area contributed by atoms with E-state index >= 15 is 0 Å². The van der Waals surface area contributed by atoms with Crippen molar-refractivity contribution < 1.29 is 9.66 Å². The molecular weight excluding hydrogens is 284 g/mol. The second-order valence-corrected chi connectivity index (χ2v) is 5.92. The minimum atomic E-state index is -0.293. The van der Waals surface area contributed by atoms with E-state index in [2.05, 4.69) is 10.00 Å². The van der Waals surface area contributed by atoms with Gasteiger partial charge in [0.2, 0.25) is 5.82 Å². The summed E-state index contributed by atoms with van der Waals surface area (Å²) in [5, 5.41) is 15.8. The zero-order chi connectivity index (χ0) is 16.1. The van der Waals surface area contributed by atoms with Crippen molar-refractivity contribution in [2.45, 2.75) is 46.1 Å². The predicted octanol–water partition coefficient (Wildman–Crippen LogP) is 2.76. The number of hydrogen-bond acceptors (Lipinski definition) is 5. The van der Waals surface area contributed by atoms with Crippen molar-refractivity contribution in [1.29, 1.82) is 0 Å².